The summed E-state index contributed by atoms with van der Waals surface area (Å²) in [6.07, 6.45) is 0. The highest BCUT2D eigenvalue weighted by molar-refractivity contribution is 8.14. The van der Waals surface area contributed by atoms with Crippen LogP contribution >= 0.6 is 11.8 Å². The summed E-state index contributed by atoms with van der Waals surface area (Å²) < 4.78 is 10.4. The molecule has 186 valence electrons. The molecule has 2 aromatic rings. The van der Waals surface area contributed by atoms with Crippen molar-refractivity contribution in [2.45, 2.75) is 6.92 Å². The molecule has 4 rings (SSSR count). The molecule has 0 aliphatic carbocycles. The van der Waals surface area contributed by atoms with Crippen LogP contribution in [0.1, 0.15) is 38.0 Å². The molecule has 1 fully saturated rings. The van der Waals surface area contributed by atoms with Crippen molar-refractivity contribution in [2.24, 2.45) is 0 Å². The Balaban J connectivity index is 1.34. The second-order valence-corrected chi connectivity index (χ2v) is 8.59. The summed E-state index contributed by atoms with van der Waals surface area (Å²) in [7, 11) is 0. The molecule has 0 unspecified atom stereocenters. The van der Waals surface area contributed by atoms with Gasteiger partial charge in [0.2, 0.25) is 5.91 Å². The summed E-state index contributed by atoms with van der Waals surface area (Å²) in [6, 6.07) is 10.4. The highest BCUT2D eigenvalue weighted by atomic mass is 32.2. The Hall–Kier alpha value is -4.19. The molecule has 0 aromatic heterocycles. The van der Waals surface area contributed by atoms with Gasteiger partial charge in [-0.1, -0.05) is 11.8 Å². The Morgan fingerprint density at radius 2 is 1.72 bits per heavy atom. The molecule has 5 amide bonds. The van der Waals surface area contributed by atoms with E-state index in [0.717, 1.165) is 21.6 Å². The van der Waals surface area contributed by atoms with Gasteiger partial charge < -0.3 is 14.8 Å². The molecule has 2 aromatic carbocycles. The Morgan fingerprint density at radius 1 is 1.00 bits per heavy atom. The van der Waals surface area contributed by atoms with Crippen LogP contribution in [0.4, 0.5) is 10.5 Å². The molecule has 2 aliphatic heterocycles. The van der Waals surface area contributed by atoms with Crippen LogP contribution in [-0.2, 0) is 14.3 Å². The first-order valence-corrected chi connectivity index (χ1v) is 12.0. The molecule has 36 heavy (non-hydrogen) atoms. The molecule has 12 heteroatoms. The minimum Gasteiger partial charge on any atom is -0.494 e. The molecule has 0 spiro atoms. The number of amides is 5. The van der Waals surface area contributed by atoms with Gasteiger partial charge in [-0.2, -0.15) is 0 Å². The third kappa shape index (κ3) is 5.08. The van der Waals surface area contributed by atoms with Gasteiger partial charge in [0.15, 0.2) is 6.61 Å². The summed E-state index contributed by atoms with van der Waals surface area (Å²) in [5, 5.41) is 2.09. The molecule has 11 nitrogen and oxygen atoms in total. The van der Waals surface area contributed by atoms with Crippen LogP contribution in [0, 0.1) is 0 Å². The van der Waals surface area contributed by atoms with E-state index in [-0.39, 0.29) is 46.7 Å². The fourth-order valence-corrected chi connectivity index (χ4v) is 4.38. The minimum atomic E-state index is -0.853. The number of imide groups is 2. The molecular weight excluding hydrogens is 490 g/mol. The van der Waals surface area contributed by atoms with Gasteiger partial charge in [-0.25, -0.2) is 9.69 Å². The SMILES string of the molecule is CCOc1ccc(N2C(=O)c3ccc(C(=O)OCC(=O)NCCN4C(=O)CSC4=O)cc3C2=O)cc1. The highest BCUT2D eigenvalue weighted by Gasteiger charge is 2.37. The van der Waals surface area contributed by atoms with Crippen molar-refractivity contribution >= 4 is 52.3 Å². The van der Waals surface area contributed by atoms with Crippen LogP contribution in [-0.4, -0.2) is 71.8 Å². The zero-order chi connectivity index (χ0) is 25.8. The molecule has 0 radical (unpaired) electrons. The second-order valence-electron chi connectivity index (χ2n) is 7.66. The number of rotatable bonds is 9. The monoisotopic (exact) mass is 511 g/mol. The topological polar surface area (TPSA) is 139 Å². The van der Waals surface area contributed by atoms with Gasteiger partial charge in [-0.05, 0) is 49.4 Å². The number of carbonyl (C=O) groups is 6. The number of ether oxygens (including phenoxy) is 2. The quantitative estimate of drug-likeness (QED) is 0.395. The number of nitrogens with zero attached hydrogens (tertiary/aromatic N) is 2. The minimum absolute atomic E-state index is 0.00142. The zero-order valence-electron chi connectivity index (χ0n) is 19.1. The van der Waals surface area contributed by atoms with E-state index in [0.29, 0.717) is 18.0 Å². The van der Waals surface area contributed by atoms with E-state index in [1.807, 2.05) is 6.92 Å². The second kappa shape index (κ2) is 10.6. The average Bonchev–Trinajstić information content (AvgIpc) is 3.33. The van der Waals surface area contributed by atoms with E-state index < -0.39 is 30.3 Å². The third-order valence-electron chi connectivity index (χ3n) is 5.36. The van der Waals surface area contributed by atoms with Gasteiger partial charge >= 0.3 is 5.97 Å². The number of fused-ring (bicyclic) bond motifs is 1. The Bertz CT molecular complexity index is 1240. The van der Waals surface area contributed by atoms with E-state index >= 15 is 0 Å². The maximum Gasteiger partial charge on any atom is 0.338 e. The largest absolute Gasteiger partial charge is 0.494 e. The summed E-state index contributed by atoms with van der Waals surface area (Å²) >= 11 is 0.896. The van der Waals surface area contributed by atoms with Crippen molar-refractivity contribution in [3.05, 3.63) is 59.2 Å². The van der Waals surface area contributed by atoms with Crippen molar-refractivity contribution < 1.29 is 38.2 Å². The Labute approximate surface area is 209 Å². The summed E-state index contributed by atoms with van der Waals surface area (Å²) in [5.74, 6) is -2.22. The molecule has 1 N–H and O–H groups in total. The maximum atomic E-state index is 12.9. The summed E-state index contributed by atoms with van der Waals surface area (Å²) in [6.45, 7) is 1.76. The predicted octanol–water partition coefficient (Wildman–Crippen LogP) is 1.85. The van der Waals surface area contributed by atoms with Crippen LogP contribution < -0.4 is 15.0 Å². The van der Waals surface area contributed by atoms with Crippen molar-refractivity contribution in [2.75, 3.05) is 37.0 Å². The first kappa shape index (κ1) is 24.9. The lowest BCUT2D eigenvalue weighted by molar-refractivity contribution is -0.126. The highest BCUT2D eigenvalue weighted by Crippen LogP contribution is 2.30. The van der Waals surface area contributed by atoms with Crippen LogP contribution in [0.25, 0.3) is 0 Å². The van der Waals surface area contributed by atoms with Crippen LogP contribution in [0.5, 0.6) is 5.75 Å². The lowest BCUT2D eigenvalue weighted by atomic mass is 10.1. The van der Waals surface area contributed by atoms with Gasteiger partial charge in [0.05, 0.1) is 34.7 Å². The van der Waals surface area contributed by atoms with Crippen LogP contribution in [0.3, 0.4) is 0 Å². The normalized spacial score (nSPS) is 14.8. The van der Waals surface area contributed by atoms with Gasteiger partial charge in [0.1, 0.15) is 5.75 Å². The van der Waals surface area contributed by atoms with Crippen molar-refractivity contribution in [1.82, 2.24) is 10.2 Å². The first-order valence-electron chi connectivity index (χ1n) is 11.0. The Morgan fingerprint density at radius 3 is 2.39 bits per heavy atom. The third-order valence-corrected chi connectivity index (χ3v) is 6.22. The number of benzene rings is 2. The molecule has 2 heterocycles. The van der Waals surface area contributed by atoms with E-state index in [4.69, 9.17) is 9.47 Å². The molecule has 0 bridgehead atoms. The number of anilines is 1. The molecule has 1 saturated heterocycles. The number of thioether (sulfide) groups is 1. The molecular formula is C24H21N3O8S. The smallest absolute Gasteiger partial charge is 0.338 e. The van der Waals surface area contributed by atoms with E-state index in [1.54, 1.807) is 24.3 Å². The Kier molecular flexibility index (Phi) is 7.34. The molecule has 0 atom stereocenters. The van der Waals surface area contributed by atoms with Gasteiger partial charge in [0, 0.05) is 13.1 Å². The predicted molar refractivity (Wildman–Crippen MR) is 128 cm³/mol. The van der Waals surface area contributed by atoms with E-state index in [9.17, 15) is 28.8 Å². The van der Waals surface area contributed by atoms with Crippen LogP contribution in [0.2, 0.25) is 0 Å². The van der Waals surface area contributed by atoms with Crippen LogP contribution in [0.15, 0.2) is 42.5 Å². The number of esters is 1. The van der Waals surface area contributed by atoms with Gasteiger partial charge in [-0.3, -0.25) is 28.9 Å². The molecule has 0 saturated carbocycles. The van der Waals surface area contributed by atoms with Crippen molar-refractivity contribution in [1.29, 1.82) is 0 Å². The lowest BCUT2D eigenvalue weighted by Gasteiger charge is -2.14. The summed E-state index contributed by atoms with van der Waals surface area (Å²) in [5.41, 5.74) is 0.556. The fraction of sp³-hybridized carbons (Fsp3) is 0.250. The fourth-order valence-electron chi connectivity index (χ4n) is 3.63. The number of carbonyl (C=O) groups excluding carboxylic acids is 6. The average molecular weight is 512 g/mol. The van der Waals surface area contributed by atoms with E-state index in [1.165, 1.54) is 18.2 Å². The zero-order valence-corrected chi connectivity index (χ0v) is 20.0. The first-order chi connectivity index (χ1) is 17.3. The number of nitrogens with one attached hydrogen (secondary N) is 1. The molecule has 2 aliphatic rings. The number of hydrogen-bond donors (Lipinski definition) is 1. The van der Waals surface area contributed by atoms with Crippen molar-refractivity contribution in [3.63, 3.8) is 0 Å². The standard InChI is InChI=1S/C24H21N3O8S/c1-2-34-16-6-4-15(5-7-16)27-21(30)17-8-3-14(11-18(17)22(27)31)23(32)35-12-19(28)25-9-10-26-20(29)13-36-24(26)33/h3-8,11H,2,9-10,12-13H2,1H3,(H,25,28). The summed E-state index contributed by atoms with van der Waals surface area (Å²) in [4.78, 5) is 75.3. The van der Waals surface area contributed by atoms with Gasteiger partial charge in [-0.15, -0.1) is 0 Å². The van der Waals surface area contributed by atoms with E-state index in [2.05, 4.69) is 5.32 Å². The number of hydrogen-bond acceptors (Lipinski definition) is 9. The lowest BCUT2D eigenvalue weighted by Crippen LogP contribution is -2.38. The van der Waals surface area contributed by atoms with Crippen molar-refractivity contribution in [3.8, 4) is 5.75 Å². The maximum absolute atomic E-state index is 12.9. The van der Waals surface area contributed by atoms with Gasteiger partial charge in [0.25, 0.3) is 23.0 Å².